The second-order valence-corrected chi connectivity index (χ2v) is 4.07. The van der Waals surface area contributed by atoms with Gasteiger partial charge in [-0.05, 0) is 0 Å². The Kier molecular flexibility index (Phi) is 5.64. The number of carboxylic acid groups (broad SMARTS) is 1. The van der Waals surface area contributed by atoms with Crippen LogP contribution in [0.5, 0.6) is 11.5 Å². The number of anilines is 1. The quantitative estimate of drug-likeness (QED) is 0.681. The summed E-state index contributed by atoms with van der Waals surface area (Å²) in [6, 6.07) is 4.10. The molecule has 7 nitrogen and oxygen atoms in total. The number of carbonyl (C=O) groups excluding carboxylic acids is 1. The fourth-order valence-corrected chi connectivity index (χ4v) is 1.57. The molecule has 3 N–H and O–H groups in total. The van der Waals surface area contributed by atoms with Crippen LogP contribution in [0, 0.1) is 0 Å². The standard InChI is InChI=1S/C13H18N2O5/c1-8(16)15-12(13(17)18)7-14-9-4-10(19-2)6-11(5-9)20-3/h4-6,12,14H,7H2,1-3H3,(H,15,16)(H,17,18). The number of benzene rings is 1. The Morgan fingerprint density at radius 1 is 1.20 bits per heavy atom. The van der Waals surface area contributed by atoms with E-state index in [2.05, 4.69) is 10.6 Å². The van der Waals surface area contributed by atoms with Crippen LogP contribution in [0.1, 0.15) is 6.92 Å². The molecule has 1 unspecified atom stereocenters. The van der Waals surface area contributed by atoms with Crippen LogP contribution in [0.2, 0.25) is 0 Å². The van der Waals surface area contributed by atoms with Gasteiger partial charge in [-0.15, -0.1) is 0 Å². The topological polar surface area (TPSA) is 96.9 Å². The van der Waals surface area contributed by atoms with Crippen LogP contribution in [0.15, 0.2) is 18.2 Å². The number of ether oxygens (including phenoxy) is 2. The van der Waals surface area contributed by atoms with E-state index in [4.69, 9.17) is 14.6 Å². The first-order valence-corrected chi connectivity index (χ1v) is 5.93. The third-order valence-electron chi connectivity index (χ3n) is 2.54. The molecule has 1 amide bonds. The Balaban J connectivity index is 2.76. The highest BCUT2D eigenvalue weighted by molar-refractivity contribution is 5.82. The van der Waals surface area contributed by atoms with Gasteiger partial charge in [-0.2, -0.15) is 0 Å². The Morgan fingerprint density at radius 3 is 2.15 bits per heavy atom. The fourth-order valence-electron chi connectivity index (χ4n) is 1.57. The summed E-state index contributed by atoms with van der Waals surface area (Å²) in [5.41, 5.74) is 0.637. The van der Waals surface area contributed by atoms with Crippen molar-refractivity contribution < 1.29 is 24.2 Å². The third-order valence-corrected chi connectivity index (χ3v) is 2.54. The van der Waals surface area contributed by atoms with E-state index in [0.717, 1.165) is 0 Å². The minimum absolute atomic E-state index is 0.0469. The maximum Gasteiger partial charge on any atom is 0.328 e. The van der Waals surface area contributed by atoms with Gasteiger partial charge in [-0.1, -0.05) is 0 Å². The predicted molar refractivity (Wildman–Crippen MR) is 73.3 cm³/mol. The highest BCUT2D eigenvalue weighted by Crippen LogP contribution is 2.25. The molecule has 0 saturated carbocycles. The van der Waals surface area contributed by atoms with Gasteiger partial charge >= 0.3 is 5.97 Å². The largest absolute Gasteiger partial charge is 0.497 e. The van der Waals surface area contributed by atoms with Crippen molar-refractivity contribution in [3.05, 3.63) is 18.2 Å². The van der Waals surface area contributed by atoms with Crippen LogP contribution >= 0.6 is 0 Å². The number of amides is 1. The van der Waals surface area contributed by atoms with Gasteiger partial charge in [0.25, 0.3) is 0 Å². The van der Waals surface area contributed by atoms with E-state index in [-0.39, 0.29) is 6.54 Å². The molecule has 0 fully saturated rings. The number of aliphatic carboxylic acids is 1. The molecule has 0 heterocycles. The maximum absolute atomic E-state index is 11.0. The lowest BCUT2D eigenvalue weighted by Crippen LogP contribution is -2.44. The zero-order valence-electron chi connectivity index (χ0n) is 11.6. The summed E-state index contributed by atoms with van der Waals surface area (Å²) < 4.78 is 10.2. The first-order valence-electron chi connectivity index (χ1n) is 5.93. The zero-order chi connectivity index (χ0) is 15.1. The second-order valence-electron chi connectivity index (χ2n) is 4.07. The van der Waals surface area contributed by atoms with Gasteiger partial charge in [0.2, 0.25) is 5.91 Å². The summed E-state index contributed by atoms with van der Waals surface area (Å²) in [7, 11) is 3.05. The summed E-state index contributed by atoms with van der Waals surface area (Å²) in [4.78, 5) is 21.9. The number of hydrogen-bond donors (Lipinski definition) is 3. The molecule has 7 heteroatoms. The normalized spacial score (nSPS) is 11.3. The second kappa shape index (κ2) is 7.22. The van der Waals surface area contributed by atoms with E-state index in [1.807, 2.05) is 0 Å². The van der Waals surface area contributed by atoms with Crippen LogP contribution in [-0.4, -0.2) is 43.8 Å². The number of hydrogen-bond acceptors (Lipinski definition) is 5. The van der Waals surface area contributed by atoms with Crippen molar-refractivity contribution in [3.8, 4) is 11.5 Å². The number of carbonyl (C=O) groups is 2. The Hall–Kier alpha value is -2.44. The fraction of sp³-hybridized carbons (Fsp3) is 0.385. The van der Waals surface area contributed by atoms with Gasteiger partial charge in [0.1, 0.15) is 17.5 Å². The van der Waals surface area contributed by atoms with Gasteiger partial charge in [0.05, 0.1) is 14.2 Å². The van der Waals surface area contributed by atoms with Crippen molar-refractivity contribution in [1.29, 1.82) is 0 Å². The molecule has 1 aromatic carbocycles. The number of nitrogens with one attached hydrogen (secondary N) is 2. The average Bonchev–Trinajstić information content (AvgIpc) is 2.42. The molecule has 0 aliphatic carbocycles. The molecule has 110 valence electrons. The summed E-state index contributed by atoms with van der Waals surface area (Å²) >= 11 is 0. The van der Waals surface area contributed by atoms with E-state index >= 15 is 0 Å². The molecule has 1 atom stereocenters. The van der Waals surface area contributed by atoms with Gasteiger partial charge < -0.3 is 25.2 Å². The van der Waals surface area contributed by atoms with Crippen molar-refractivity contribution in [2.75, 3.05) is 26.1 Å². The maximum atomic E-state index is 11.0. The molecule has 0 aliphatic rings. The molecular weight excluding hydrogens is 264 g/mol. The monoisotopic (exact) mass is 282 g/mol. The Morgan fingerprint density at radius 2 is 1.75 bits per heavy atom. The third kappa shape index (κ3) is 4.68. The molecule has 0 spiro atoms. The van der Waals surface area contributed by atoms with Gasteiger partial charge in [-0.3, -0.25) is 4.79 Å². The molecule has 0 aromatic heterocycles. The molecule has 1 aromatic rings. The Labute approximate surface area is 116 Å². The van der Waals surface area contributed by atoms with Gasteiger partial charge in [-0.25, -0.2) is 4.79 Å². The molecule has 0 bridgehead atoms. The van der Waals surface area contributed by atoms with E-state index in [1.165, 1.54) is 21.1 Å². The van der Waals surface area contributed by atoms with Crippen molar-refractivity contribution in [2.24, 2.45) is 0 Å². The number of rotatable bonds is 7. The summed E-state index contributed by atoms with van der Waals surface area (Å²) in [5.74, 6) is -0.346. The summed E-state index contributed by atoms with van der Waals surface area (Å²) in [6.07, 6.45) is 0. The molecule has 0 radical (unpaired) electrons. The first kappa shape index (κ1) is 15.6. The molecule has 1 rings (SSSR count). The van der Waals surface area contributed by atoms with E-state index in [1.54, 1.807) is 18.2 Å². The molecule has 20 heavy (non-hydrogen) atoms. The summed E-state index contributed by atoms with van der Waals surface area (Å²) in [5, 5.41) is 14.3. The summed E-state index contributed by atoms with van der Waals surface area (Å²) in [6.45, 7) is 1.32. The number of methoxy groups -OCH3 is 2. The van der Waals surface area contributed by atoms with E-state index < -0.39 is 17.9 Å². The minimum atomic E-state index is -1.11. The first-order chi connectivity index (χ1) is 9.46. The van der Waals surface area contributed by atoms with Crippen LogP contribution in [-0.2, 0) is 9.59 Å². The number of carboxylic acids is 1. The highest BCUT2D eigenvalue weighted by atomic mass is 16.5. The van der Waals surface area contributed by atoms with Crippen LogP contribution in [0.4, 0.5) is 5.69 Å². The lowest BCUT2D eigenvalue weighted by molar-refractivity contribution is -0.141. The highest BCUT2D eigenvalue weighted by Gasteiger charge is 2.18. The lowest BCUT2D eigenvalue weighted by atomic mass is 10.2. The molecule has 0 aliphatic heterocycles. The smallest absolute Gasteiger partial charge is 0.328 e. The van der Waals surface area contributed by atoms with Crippen molar-refractivity contribution in [1.82, 2.24) is 5.32 Å². The average molecular weight is 282 g/mol. The van der Waals surface area contributed by atoms with Crippen molar-refractivity contribution in [2.45, 2.75) is 13.0 Å². The van der Waals surface area contributed by atoms with E-state index in [0.29, 0.717) is 17.2 Å². The van der Waals surface area contributed by atoms with Crippen LogP contribution < -0.4 is 20.1 Å². The minimum Gasteiger partial charge on any atom is -0.497 e. The zero-order valence-corrected chi connectivity index (χ0v) is 11.6. The Bertz CT molecular complexity index is 467. The van der Waals surface area contributed by atoms with Gasteiger partial charge in [0, 0.05) is 37.4 Å². The van der Waals surface area contributed by atoms with Crippen LogP contribution in [0.25, 0.3) is 0 Å². The molecule has 0 saturated heterocycles. The van der Waals surface area contributed by atoms with Crippen molar-refractivity contribution >= 4 is 17.6 Å². The lowest BCUT2D eigenvalue weighted by Gasteiger charge is -2.16. The van der Waals surface area contributed by atoms with E-state index in [9.17, 15) is 9.59 Å². The predicted octanol–water partition coefficient (Wildman–Crippen LogP) is 0.705. The van der Waals surface area contributed by atoms with Crippen molar-refractivity contribution in [3.63, 3.8) is 0 Å². The SMILES string of the molecule is COc1cc(NCC(NC(C)=O)C(=O)O)cc(OC)c1. The molecular formula is C13H18N2O5. The van der Waals surface area contributed by atoms with Crippen LogP contribution in [0.3, 0.4) is 0 Å². The van der Waals surface area contributed by atoms with Gasteiger partial charge in [0.15, 0.2) is 0 Å².